The minimum absolute atomic E-state index is 0.105. The molecule has 4 rings (SSSR count). The van der Waals surface area contributed by atoms with E-state index in [4.69, 9.17) is 4.74 Å². The normalized spacial score (nSPS) is 10.4. The summed E-state index contributed by atoms with van der Waals surface area (Å²) in [5.74, 6) is 0.684. The summed E-state index contributed by atoms with van der Waals surface area (Å²) in [5, 5.41) is 6.02. The third-order valence-corrected chi connectivity index (χ3v) is 4.27. The van der Waals surface area contributed by atoms with Gasteiger partial charge in [-0.05, 0) is 41.8 Å². The third kappa shape index (κ3) is 3.62. The molecule has 0 bridgehead atoms. The van der Waals surface area contributed by atoms with Crippen LogP contribution < -0.4 is 10.1 Å². The molecule has 0 unspecified atom stereocenters. The number of aromatic nitrogens is 2. The Morgan fingerprint density at radius 3 is 2.63 bits per heavy atom. The van der Waals surface area contributed by atoms with Gasteiger partial charge in [0.25, 0.3) is 0 Å². The van der Waals surface area contributed by atoms with Crippen LogP contribution in [-0.4, -0.2) is 23.0 Å². The molecule has 2 heterocycles. The lowest BCUT2D eigenvalue weighted by Crippen LogP contribution is -2.07. The highest BCUT2D eigenvalue weighted by atomic mass is 16.5. The van der Waals surface area contributed by atoms with Crippen molar-refractivity contribution in [2.75, 3.05) is 12.4 Å². The molecule has 0 atom stereocenters. The number of amides is 1. The Hall–Kier alpha value is -3.34. The van der Waals surface area contributed by atoms with Crippen molar-refractivity contribution in [2.45, 2.75) is 20.8 Å². The molecule has 0 spiro atoms. The molecular formula is C22H23N3O2. The van der Waals surface area contributed by atoms with E-state index in [9.17, 15) is 4.79 Å². The molecule has 27 heavy (non-hydrogen) atoms. The highest BCUT2D eigenvalue weighted by Crippen LogP contribution is 2.37. The lowest BCUT2D eigenvalue weighted by molar-refractivity contribution is -0.114. The Morgan fingerprint density at radius 2 is 1.89 bits per heavy atom. The van der Waals surface area contributed by atoms with Crippen molar-refractivity contribution in [2.24, 2.45) is 0 Å². The Kier molecular flexibility index (Phi) is 5.41. The lowest BCUT2D eigenvalue weighted by atomic mass is 9.99. The van der Waals surface area contributed by atoms with Crippen LogP contribution in [0, 0.1) is 0 Å². The molecule has 138 valence electrons. The van der Waals surface area contributed by atoms with E-state index in [1.54, 1.807) is 13.3 Å². The number of anilines is 1. The summed E-state index contributed by atoms with van der Waals surface area (Å²) in [4.78, 5) is 19.2. The van der Waals surface area contributed by atoms with E-state index in [0.717, 1.165) is 44.2 Å². The maximum absolute atomic E-state index is 11.7. The number of fused-ring (bicyclic) bond motifs is 2. The van der Waals surface area contributed by atoms with Crippen molar-refractivity contribution in [3.05, 3.63) is 55.0 Å². The topological polar surface area (TPSA) is 67.0 Å². The van der Waals surface area contributed by atoms with Crippen LogP contribution in [-0.2, 0) is 4.79 Å². The van der Waals surface area contributed by atoms with Gasteiger partial charge < -0.3 is 15.0 Å². The number of carbonyl (C=O) groups excluding carboxylic acids is 1. The molecule has 5 nitrogen and oxygen atoms in total. The summed E-state index contributed by atoms with van der Waals surface area (Å²) >= 11 is 0. The number of hydrogen-bond donors (Lipinski definition) is 2. The highest BCUT2D eigenvalue weighted by molar-refractivity contribution is 6.06. The van der Waals surface area contributed by atoms with Gasteiger partial charge in [-0.3, -0.25) is 9.78 Å². The average molecular weight is 361 g/mol. The summed E-state index contributed by atoms with van der Waals surface area (Å²) in [6, 6.07) is 11.9. The van der Waals surface area contributed by atoms with Gasteiger partial charge in [0.1, 0.15) is 5.75 Å². The van der Waals surface area contributed by atoms with Crippen molar-refractivity contribution >= 4 is 33.3 Å². The van der Waals surface area contributed by atoms with Crippen LogP contribution in [0.25, 0.3) is 32.8 Å². The van der Waals surface area contributed by atoms with Crippen LogP contribution in [0.4, 0.5) is 5.69 Å². The fourth-order valence-corrected chi connectivity index (χ4v) is 3.10. The predicted molar refractivity (Wildman–Crippen MR) is 111 cm³/mol. The molecule has 5 heteroatoms. The Balaban J connectivity index is 0.00000102. The standard InChI is InChI=1S/C20H17N3O2.C2H6/c1-12(24)23-20-8-13-5-6-21-10-14(13)7-16(20)18-11-22-19-4-3-15(25-2)9-17(18)19;1-2/h3-11,22H,1-2H3,(H,23,24);1-2H3. The van der Waals surface area contributed by atoms with E-state index >= 15 is 0 Å². The average Bonchev–Trinajstić information content (AvgIpc) is 3.11. The van der Waals surface area contributed by atoms with Crippen molar-refractivity contribution in [1.82, 2.24) is 9.97 Å². The zero-order valence-electron chi connectivity index (χ0n) is 16.0. The number of methoxy groups -OCH3 is 1. The summed E-state index contributed by atoms with van der Waals surface area (Å²) in [5.41, 5.74) is 3.73. The van der Waals surface area contributed by atoms with Crippen LogP contribution in [0.5, 0.6) is 5.75 Å². The molecule has 2 aromatic carbocycles. The van der Waals surface area contributed by atoms with E-state index in [1.807, 2.05) is 56.6 Å². The molecular weight excluding hydrogens is 338 g/mol. The first-order chi connectivity index (χ1) is 13.2. The van der Waals surface area contributed by atoms with E-state index in [1.165, 1.54) is 6.92 Å². The van der Waals surface area contributed by atoms with Gasteiger partial charge >= 0.3 is 0 Å². The lowest BCUT2D eigenvalue weighted by Gasteiger charge is -2.12. The highest BCUT2D eigenvalue weighted by Gasteiger charge is 2.13. The SMILES string of the molecule is CC.COc1ccc2[nH]cc(-c3cc4cnccc4cc3NC(C)=O)c2c1. The smallest absolute Gasteiger partial charge is 0.221 e. The van der Waals surface area contributed by atoms with Crippen LogP contribution in [0.15, 0.2) is 55.0 Å². The molecule has 2 aromatic heterocycles. The van der Waals surface area contributed by atoms with E-state index in [-0.39, 0.29) is 5.91 Å². The first kappa shape index (κ1) is 18.5. The van der Waals surface area contributed by atoms with Gasteiger partial charge in [0.05, 0.1) is 7.11 Å². The molecule has 0 aliphatic rings. The molecule has 0 fully saturated rings. The van der Waals surface area contributed by atoms with E-state index < -0.39 is 0 Å². The monoisotopic (exact) mass is 361 g/mol. The van der Waals surface area contributed by atoms with Crippen molar-refractivity contribution in [3.63, 3.8) is 0 Å². The number of pyridine rings is 1. The van der Waals surface area contributed by atoms with Crippen LogP contribution >= 0.6 is 0 Å². The summed E-state index contributed by atoms with van der Waals surface area (Å²) in [6.07, 6.45) is 5.52. The molecule has 1 amide bonds. The maximum atomic E-state index is 11.7. The zero-order valence-corrected chi connectivity index (χ0v) is 16.0. The van der Waals surface area contributed by atoms with E-state index in [2.05, 4.69) is 21.4 Å². The Morgan fingerprint density at radius 1 is 1.07 bits per heavy atom. The van der Waals surface area contributed by atoms with Crippen molar-refractivity contribution in [3.8, 4) is 16.9 Å². The van der Waals surface area contributed by atoms with Crippen molar-refractivity contribution < 1.29 is 9.53 Å². The summed E-state index contributed by atoms with van der Waals surface area (Å²) in [6.45, 7) is 5.51. The van der Waals surface area contributed by atoms with Gasteiger partial charge in [-0.1, -0.05) is 13.8 Å². The summed E-state index contributed by atoms with van der Waals surface area (Å²) < 4.78 is 5.35. The fraction of sp³-hybridized carbons (Fsp3) is 0.182. The van der Waals surface area contributed by atoms with Gasteiger partial charge in [-0.25, -0.2) is 0 Å². The van der Waals surface area contributed by atoms with Gasteiger partial charge in [0.15, 0.2) is 0 Å². The first-order valence-electron chi connectivity index (χ1n) is 8.96. The fourth-order valence-electron chi connectivity index (χ4n) is 3.10. The summed E-state index contributed by atoms with van der Waals surface area (Å²) in [7, 11) is 1.65. The van der Waals surface area contributed by atoms with Crippen LogP contribution in [0.1, 0.15) is 20.8 Å². The minimum Gasteiger partial charge on any atom is -0.497 e. The number of rotatable bonds is 3. The number of H-pyrrole nitrogens is 1. The zero-order chi connectivity index (χ0) is 19.4. The molecule has 0 saturated carbocycles. The van der Waals surface area contributed by atoms with Gasteiger partial charge in [0.2, 0.25) is 5.91 Å². The molecule has 4 aromatic rings. The molecule has 0 aliphatic carbocycles. The van der Waals surface area contributed by atoms with Crippen LogP contribution in [0.2, 0.25) is 0 Å². The number of ether oxygens (including phenoxy) is 1. The van der Waals surface area contributed by atoms with Gasteiger partial charge in [-0.2, -0.15) is 0 Å². The molecule has 0 aliphatic heterocycles. The van der Waals surface area contributed by atoms with E-state index in [0.29, 0.717) is 0 Å². The largest absolute Gasteiger partial charge is 0.497 e. The maximum Gasteiger partial charge on any atom is 0.221 e. The number of nitrogens with zero attached hydrogens (tertiary/aromatic N) is 1. The quantitative estimate of drug-likeness (QED) is 0.515. The second kappa shape index (κ2) is 7.91. The predicted octanol–water partition coefficient (Wildman–Crippen LogP) is 5.38. The van der Waals surface area contributed by atoms with Gasteiger partial charge in [0, 0.05) is 58.6 Å². The van der Waals surface area contributed by atoms with Crippen molar-refractivity contribution in [1.29, 1.82) is 0 Å². The Bertz CT molecular complexity index is 1100. The third-order valence-electron chi connectivity index (χ3n) is 4.27. The number of carbonyl (C=O) groups is 1. The first-order valence-corrected chi connectivity index (χ1v) is 8.96. The molecule has 2 N–H and O–H groups in total. The minimum atomic E-state index is -0.105. The second-order valence-corrected chi connectivity index (χ2v) is 5.92. The van der Waals surface area contributed by atoms with Crippen LogP contribution in [0.3, 0.4) is 0 Å². The number of benzene rings is 2. The second-order valence-electron chi connectivity index (χ2n) is 5.92. The number of aromatic amines is 1. The molecule has 0 saturated heterocycles. The molecule has 0 radical (unpaired) electrons. The van der Waals surface area contributed by atoms with Gasteiger partial charge in [-0.15, -0.1) is 0 Å². The number of nitrogens with one attached hydrogen (secondary N) is 2. The number of hydrogen-bond acceptors (Lipinski definition) is 3. The Labute approximate surface area is 158 Å².